The summed E-state index contributed by atoms with van der Waals surface area (Å²) in [6, 6.07) is 26.1. The number of hydrogen-bond donors (Lipinski definition) is 0. The van der Waals surface area contributed by atoms with E-state index in [-0.39, 0.29) is 17.7 Å². The molecule has 0 amide bonds. The largest absolute Gasteiger partial charge is 0.465 e. The second-order valence-electron chi connectivity index (χ2n) is 15.5. The Bertz CT molecular complexity index is 1710. The summed E-state index contributed by atoms with van der Waals surface area (Å²) in [4.78, 5) is 28.3. The highest BCUT2D eigenvalue weighted by molar-refractivity contribution is 6.92. The van der Waals surface area contributed by atoms with E-state index >= 15 is 0 Å². The van der Waals surface area contributed by atoms with Gasteiger partial charge in [0.2, 0.25) is 8.32 Å². The molecule has 0 spiro atoms. The minimum atomic E-state index is -2.23. The number of hydrogen-bond acceptors (Lipinski definition) is 10. The van der Waals surface area contributed by atoms with Gasteiger partial charge in [0.15, 0.2) is 8.32 Å². The van der Waals surface area contributed by atoms with Crippen molar-refractivity contribution < 1.29 is 42.1 Å². The van der Waals surface area contributed by atoms with Crippen molar-refractivity contribution in [2.75, 3.05) is 79.2 Å². The number of azide groups is 1. The molecule has 0 fully saturated rings. The first-order chi connectivity index (χ1) is 28.1. The van der Waals surface area contributed by atoms with E-state index in [2.05, 4.69) is 96.9 Å². The van der Waals surface area contributed by atoms with E-state index in [1.807, 2.05) is 12.1 Å². The van der Waals surface area contributed by atoms with Crippen LogP contribution in [-0.2, 0) is 48.5 Å². The Morgan fingerprint density at radius 3 is 1.84 bits per heavy atom. The highest BCUT2D eigenvalue weighted by Crippen LogP contribution is 2.44. The first-order valence-corrected chi connectivity index (χ1v) is 26.7. The molecule has 12 nitrogen and oxygen atoms in total. The lowest BCUT2D eigenvalue weighted by Crippen LogP contribution is -2.52. The van der Waals surface area contributed by atoms with Gasteiger partial charge in [-0.15, -0.1) is 0 Å². The second kappa shape index (κ2) is 25.7. The number of carbonyl (C=O) groups excluding carboxylic acids is 2. The van der Waals surface area contributed by atoms with Crippen molar-refractivity contribution in [3.8, 4) is 11.1 Å². The molecule has 3 aromatic rings. The number of Topliss-reactive ketones (excluding diaryl/α,β-unsaturated/α-hetero) is 1. The Balaban J connectivity index is 1.03. The van der Waals surface area contributed by atoms with E-state index in [0.29, 0.717) is 105 Å². The van der Waals surface area contributed by atoms with Crippen molar-refractivity contribution in [3.63, 3.8) is 0 Å². The summed E-state index contributed by atoms with van der Waals surface area (Å²) in [6.45, 7) is 14.3. The van der Waals surface area contributed by atoms with Crippen molar-refractivity contribution in [2.45, 2.75) is 76.7 Å². The number of carbonyl (C=O) groups is 2. The van der Waals surface area contributed by atoms with Crippen LogP contribution in [0.2, 0.25) is 32.2 Å². The number of ketones is 1. The minimum absolute atomic E-state index is 0.0788. The lowest BCUT2D eigenvalue weighted by atomic mass is 9.98. The molecule has 0 heterocycles. The third-order valence-corrected chi connectivity index (χ3v) is 17.5. The van der Waals surface area contributed by atoms with Gasteiger partial charge in [-0.25, -0.2) is 0 Å². The molecule has 14 heteroatoms. The Morgan fingerprint density at radius 2 is 1.24 bits per heavy atom. The molecule has 1 aliphatic carbocycles. The molecule has 4 rings (SSSR count). The van der Waals surface area contributed by atoms with Gasteiger partial charge in [-0.3, -0.25) is 9.59 Å². The Hall–Kier alpha value is -3.70. The van der Waals surface area contributed by atoms with Crippen LogP contribution in [0.5, 0.6) is 0 Å². The van der Waals surface area contributed by atoms with E-state index in [4.69, 9.17) is 38.1 Å². The number of benzene rings is 3. The normalized spacial score (nSPS) is 12.6. The monoisotopic (exact) mass is 833 g/mol. The summed E-state index contributed by atoms with van der Waals surface area (Å²) < 4.78 is 40.1. The summed E-state index contributed by atoms with van der Waals surface area (Å²) >= 11 is 0. The lowest BCUT2D eigenvalue weighted by Gasteiger charge is -2.34. The van der Waals surface area contributed by atoms with Gasteiger partial charge >= 0.3 is 5.97 Å². The van der Waals surface area contributed by atoms with E-state index in [0.717, 1.165) is 24.4 Å². The van der Waals surface area contributed by atoms with Crippen LogP contribution in [0.15, 0.2) is 77.9 Å². The van der Waals surface area contributed by atoms with Gasteiger partial charge in [-0.1, -0.05) is 84.3 Å². The Morgan fingerprint density at radius 1 is 0.672 bits per heavy atom. The zero-order valence-corrected chi connectivity index (χ0v) is 37.0. The first kappa shape index (κ1) is 47.0. The van der Waals surface area contributed by atoms with Crippen LogP contribution in [0.4, 0.5) is 0 Å². The number of unbranched alkanes of at least 4 members (excludes halogenated alkanes) is 1. The van der Waals surface area contributed by atoms with Crippen LogP contribution >= 0.6 is 0 Å². The molecule has 0 unspecified atom stereocenters. The lowest BCUT2D eigenvalue weighted by molar-refractivity contribution is -0.144. The van der Waals surface area contributed by atoms with E-state index in [1.165, 1.54) is 27.4 Å². The maximum Gasteiger partial charge on any atom is 0.305 e. The zero-order valence-electron chi connectivity index (χ0n) is 35.0. The summed E-state index contributed by atoms with van der Waals surface area (Å²) in [5.41, 5.74) is 14.1. The predicted molar refractivity (Wildman–Crippen MR) is 232 cm³/mol. The number of rotatable bonds is 31. The molecule has 0 aliphatic heterocycles. The first-order valence-electron chi connectivity index (χ1n) is 20.6. The Labute approximate surface area is 346 Å². The van der Waals surface area contributed by atoms with Gasteiger partial charge < -0.3 is 32.5 Å². The average molecular weight is 834 g/mol. The Kier molecular flexibility index (Phi) is 20.8. The number of fused-ring (bicyclic) bond motifs is 3. The molecule has 0 radical (unpaired) electrons. The van der Waals surface area contributed by atoms with E-state index in [1.54, 1.807) is 0 Å². The van der Waals surface area contributed by atoms with E-state index < -0.39 is 16.6 Å². The molecule has 58 heavy (non-hydrogen) atoms. The molecule has 0 atom stereocenters. The van der Waals surface area contributed by atoms with Crippen molar-refractivity contribution in [3.05, 3.63) is 99.9 Å². The molecular weight excluding hydrogens is 771 g/mol. The molecule has 1 aliphatic rings. The zero-order chi connectivity index (χ0) is 41.5. The van der Waals surface area contributed by atoms with Crippen molar-refractivity contribution in [2.24, 2.45) is 5.11 Å². The smallest absolute Gasteiger partial charge is 0.305 e. The number of esters is 1. The SMILES string of the molecule is C[Si](C)(CCCCC(=O)OCC1c2ccccc2-c2ccccc21)O[Si](C)(C)c1cccc(CC(=O)CCCOCCOCCOCCOCCOCCN=[N+]=[N-])c1. The van der Waals surface area contributed by atoms with Gasteiger partial charge in [0.05, 0.1) is 59.5 Å². The average Bonchev–Trinajstić information content (AvgIpc) is 3.52. The molecule has 0 bridgehead atoms. The number of ether oxygens (including phenoxy) is 6. The van der Waals surface area contributed by atoms with Crippen molar-refractivity contribution >= 4 is 33.6 Å². The molecule has 0 saturated carbocycles. The van der Waals surface area contributed by atoms with E-state index in [9.17, 15) is 9.59 Å². The molecule has 3 aromatic carbocycles. The standard InChI is InChI=1S/C44H63N3O9Si2/c1-57(2,32-10-9-20-44(49)55-35-43-41-18-7-5-16-39(41)40-17-6-8-19-42(40)43)56-58(3,4)38-15-11-13-36(34-38)33-37(48)14-12-22-50-24-26-52-28-30-54-31-29-53-27-25-51-23-21-46-47-45/h5-8,11,13,15-19,34,43H,9-10,12,14,20-33,35H2,1-4H3. The van der Waals surface area contributed by atoms with Crippen LogP contribution < -0.4 is 5.19 Å². The summed E-state index contributed by atoms with van der Waals surface area (Å²) in [5.74, 6) is 0.136. The topological polar surface area (TPSA) is 148 Å². The van der Waals surface area contributed by atoms with Crippen LogP contribution in [0.25, 0.3) is 21.6 Å². The fourth-order valence-corrected chi connectivity index (χ4v) is 15.7. The molecule has 0 aromatic heterocycles. The van der Waals surface area contributed by atoms with Crippen molar-refractivity contribution in [1.29, 1.82) is 0 Å². The highest BCUT2D eigenvalue weighted by Gasteiger charge is 2.34. The van der Waals surface area contributed by atoms with Crippen LogP contribution in [0.3, 0.4) is 0 Å². The number of nitrogens with zero attached hydrogens (tertiary/aromatic N) is 3. The van der Waals surface area contributed by atoms with Gasteiger partial charge in [-0.05, 0) is 83.6 Å². The molecule has 0 saturated heterocycles. The predicted octanol–water partition coefficient (Wildman–Crippen LogP) is 8.13. The minimum Gasteiger partial charge on any atom is -0.465 e. The quantitative estimate of drug-likeness (QED) is 0.0157. The van der Waals surface area contributed by atoms with Gasteiger partial charge in [0, 0.05) is 43.2 Å². The maximum absolute atomic E-state index is 12.8. The fourth-order valence-electron chi connectivity index (χ4n) is 7.18. The van der Waals surface area contributed by atoms with Gasteiger partial charge in [0.1, 0.15) is 12.4 Å². The third kappa shape index (κ3) is 16.9. The molecular formula is C44H63N3O9Si2. The molecule has 0 N–H and O–H groups in total. The van der Waals surface area contributed by atoms with Crippen LogP contribution in [0.1, 0.15) is 54.7 Å². The maximum atomic E-state index is 12.8. The third-order valence-electron chi connectivity index (χ3n) is 9.97. The van der Waals surface area contributed by atoms with Crippen LogP contribution in [0, 0.1) is 0 Å². The second-order valence-corrected chi connectivity index (χ2v) is 24.0. The van der Waals surface area contributed by atoms with Crippen LogP contribution in [-0.4, -0.2) is 108 Å². The van der Waals surface area contributed by atoms with Gasteiger partial charge in [-0.2, -0.15) is 0 Å². The summed E-state index contributed by atoms with van der Waals surface area (Å²) in [7, 11) is -4.25. The molecule has 316 valence electrons. The van der Waals surface area contributed by atoms with Gasteiger partial charge in [0.25, 0.3) is 0 Å². The summed E-state index contributed by atoms with van der Waals surface area (Å²) in [6.07, 6.45) is 3.66. The highest BCUT2D eigenvalue weighted by atomic mass is 28.4. The fraction of sp³-hybridized carbons (Fsp3) is 0.545. The summed E-state index contributed by atoms with van der Waals surface area (Å²) in [5, 5.41) is 4.58. The van der Waals surface area contributed by atoms with Crippen molar-refractivity contribution in [1.82, 2.24) is 0 Å².